The molecule has 2 atom stereocenters. The van der Waals surface area contributed by atoms with Crippen molar-refractivity contribution in [3.8, 4) is 11.8 Å². The number of anilines is 1. The lowest BCUT2D eigenvalue weighted by Gasteiger charge is -2.47. The van der Waals surface area contributed by atoms with Crippen LogP contribution < -0.4 is 9.64 Å². The fraction of sp³-hybridized carbons (Fsp3) is 0.292. The molecule has 31 heavy (non-hydrogen) atoms. The molecule has 0 radical (unpaired) electrons. The summed E-state index contributed by atoms with van der Waals surface area (Å²) in [5, 5.41) is 30.1. The van der Waals surface area contributed by atoms with Crippen LogP contribution in [0.3, 0.4) is 0 Å². The average Bonchev–Trinajstić information content (AvgIpc) is 3.21. The SMILES string of the molecule is CC1(C)Oc2ccc(C#N)cc2C(N(Cc2ccc(CO)o2)c2ccc(F)cc2)[C@H]1O. The largest absolute Gasteiger partial charge is 0.485 e. The van der Waals surface area contributed by atoms with Crippen LogP contribution in [0.4, 0.5) is 10.1 Å². The second-order valence-corrected chi connectivity index (χ2v) is 8.09. The second-order valence-electron chi connectivity index (χ2n) is 8.09. The molecule has 0 spiro atoms. The summed E-state index contributed by atoms with van der Waals surface area (Å²) in [7, 11) is 0. The van der Waals surface area contributed by atoms with Gasteiger partial charge in [0.1, 0.15) is 41.4 Å². The first kappa shape index (κ1) is 20.9. The Hall–Kier alpha value is -3.34. The predicted molar refractivity (Wildman–Crippen MR) is 112 cm³/mol. The number of halogens is 1. The van der Waals surface area contributed by atoms with Crippen LogP contribution in [0.15, 0.2) is 59.0 Å². The Labute approximate surface area is 179 Å². The fourth-order valence-electron chi connectivity index (χ4n) is 3.92. The summed E-state index contributed by atoms with van der Waals surface area (Å²) in [5.74, 6) is 1.20. The van der Waals surface area contributed by atoms with Gasteiger partial charge in [-0.15, -0.1) is 0 Å². The van der Waals surface area contributed by atoms with Gasteiger partial charge in [0.05, 0.1) is 24.2 Å². The monoisotopic (exact) mass is 422 g/mol. The number of fused-ring (bicyclic) bond motifs is 1. The highest BCUT2D eigenvalue weighted by Gasteiger charge is 2.46. The standard InChI is InChI=1S/C24H23FN2O4/c1-24(2)23(29)22(20-11-15(12-26)3-10-21(20)31-24)27(17-6-4-16(25)5-7-17)13-18-8-9-19(14-28)30-18/h3-11,22-23,28-29H,13-14H2,1-2H3/t22?,23-/m1/s1. The maximum Gasteiger partial charge on any atom is 0.132 e. The van der Waals surface area contributed by atoms with Crippen LogP contribution in [0.25, 0.3) is 0 Å². The highest BCUT2D eigenvalue weighted by atomic mass is 19.1. The lowest BCUT2D eigenvalue weighted by atomic mass is 9.84. The third-order valence-electron chi connectivity index (χ3n) is 5.54. The van der Waals surface area contributed by atoms with Crippen LogP contribution in [0, 0.1) is 17.1 Å². The molecule has 160 valence electrons. The molecule has 2 heterocycles. The molecule has 4 rings (SSSR count). The summed E-state index contributed by atoms with van der Waals surface area (Å²) < 4.78 is 25.4. The first-order valence-corrected chi connectivity index (χ1v) is 9.94. The highest BCUT2D eigenvalue weighted by Crippen LogP contribution is 2.45. The molecule has 1 aliphatic heterocycles. The third kappa shape index (κ3) is 4.00. The quantitative estimate of drug-likeness (QED) is 0.645. The summed E-state index contributed by atoms with van der Waals surface area (Å²) in [5.41, 5.74) is 0.852. The van der Waals surface area contributed by atoms with E-state index >= 15 is 0 Å². The van der Waals surface area contributed by atoms with E-state index in [0.717, 1.165) is 0 Å². The van der Waals surface area contributed by atoms with E-state index in [4.69, 9.17) is 9.15 Å². The first-order chi connectivity index (χ1) is 14.8. The normalized spacial score (nSPS) is 19.2. The summed E-state index contributed by atoms with van der Waals surface area (Å²) in [6, 6.07) is 16.1. The third-order valence-corrected chi connectivity index (χ3v) is 5.54. The van der Waals surface area contributed by atoms with E-state index < -0.39 is 17.7 Å². The molecule has 7 heteroatoms. The Balaban J connectivity index is 1.86. The first-order valence-electron chi connectivity index (χ1n) is 9.94. The van der Waals surface area contributed by atoms with Crippen molar-refractivity contribution >= 4 is 5.69 Å². The summed E-state index contributed by atoms with van der Waals surface area (Å²) in [4.78, 5) is 1.90. The lowest BCUT2D eigenvalue weighted by Crippen LogP contribution is -2.53. The van der Waals surface area contributed by atoms with Crippen molar-refractivity contribution in [1.82, 2.24) is 0 Å². The zero-order chi connectivity index (χ0) is 22.2. The molecule has 6 nitrogen and oxygen atoms in total. The molecular formula is C24H23FN2O4. The van der Waals surface area contributed by atoms with Crippen molar-refractivity contribution in [3.05, 3.63) is 83.1 Å². The molecule has 1 aliphatic rings. The Kier molecular flexibility index (Phi) is 5.44. The van der Waals surface area contributed by atoms with Crippen molar-refractivity contribution in [3.63, 3.8) is 0 Å². The topological polar surface area (TPSA) is 89.9 Å². The van der Waals surface area contributed by atoms with Gasteiger partial charge >= 0.3 is 0 Å². The number of furan rings is 1. The van der Waals surface area contributed by atoms with E-state index in [1.54, 1.807) is 56.3 Å². The van der Waals surface area contributed by atoms with Crippen LogP contribution in [-0.2, 0) is 13.2 Å². The zero-order valence-corrected chi connectivity index (χ0v) is 17.2. The van der Waals surface area contributed by atoms with Gasteiger partial charge in [0.15, 0.2) is 0 Å². The van der Waals surface area contributed by atoms with E-state index in [1.807, 2.05) is 4.90 Å². The van der Waals surface area contributed by atoms with Gasteiger partial charge in [0.25, 0.3) is 0 Å². The number of benzene rings is 2. The lowest BCUT2D eigenvalue weighted by molar-refractivity contribution is -0.0591. The Bertz CT molecular complexity index is 1120. The summed E-state index contributed by atoms with van der Waals surface area (Å²) >= 11 is 0. The Morgan fingerprint density at radius 1 is 1.10 bits per heavy atom. The van der Waals surface area contributed by atoms with Crippen molar-refractivity contribution in [2.45, 2.75) is 44.7 Å². The van der Waals surface area contributed by atoms with Crippen molar-refractivity contribution < 1.29 is 23.8 Å². The minimum atomic E-state index is -0.966. The van der Waals surface area contributed by atoms with Gasteiger partial charge in [0.2, 0.25) is 0 Å². The summed E-state index contributed by atoms with van der Waals surface area (Å²) in [6.45, 7) is 3.62. The molecule has 0 bridgehead atoms. The molecule has 0 fully saturated rings. The van der Waals surface area contributed by atoms with Crippen LogP contribution in [0.1, 0.15) is 42.5 Å². The maximum atomic E-state index is 13.6. The van der Waals surface area contributed by atoms with Gasteiger partial charge in [-0.3, -0.25) is 0 Å². The number of hydrogen-bond acceptors (Lipinski definition) is 6. The van der Waals surface area contributed by atoms with E-state index in [9.17, 15) is 19.9 Å². The number of rotatable bonds is 5. The second kappa shape index (κ2) is 8.06. The van der Waals surface area contributed by atoms with Crippen LogP contribution >= 0.6 is 0 Å². The van der Waals surface area contributed by atoms with Gasteiger partial charge in [-0.05, 0) is 68.4 Å². The Morgan fingerprint density at radius 2 is 1.81 bits per heavy atom. The van der Waals surface area contributed by atoms with Crippen LogP contribution in [0.5, 0.6) is 5.75 Å². The number of nitrogens with zero attached hydrogens (tertiary/aromatic N) is 2. The van der Waals surface area contributed by atoms with Crippen LogP contribution in [-0.4, -0.2) is 21.9 Å². The summed E-state index contributed by atoms with van der Waals surface area (Å²) in [6.07, 6.45) is -0.966. The zero-order valence-electron chi connectivity index (χ0n) is 17.2. The van der Waals surface area contributed by atoms with E-state index in [-0.39, 0.29) is 19.0 Å². The fourth-order valence-corrected chi connectivity index (χ4v) is 3.92. The van der Waals surface area contributed by atoms with Crippen LogP contribution in [0.2, 0.25) is 0 Å². The number of nitriles is 1. The van der Waals surface area contributed by atoms with Gasteiger partial charge < -0.3 is 24.3 Å². The average molecular weight is 422 g/mol. The smallest absolute Gasteiger partial charge is 0.132 e. The number of aliphatic hydroxyl groups is 2. The van der Waals surface area contributed by atoms with Gasteiger partial charge in [-0.1, -0.05) is 0 Å². The molecular weight excluding hydrogens is 399 g/mol. The molecule has 0 amide bonds. The molecule has 0 aliphatic carbocycles. The molecule has 2 aromatic carbocycles. The number of aliphatic hydroxyl groups excluding tert-OH is 2. The van der Waals surface area contributed by atoms with Gasteiger partial charge in [-0.2, -0.15) is 5.26 Å². The van der Waals surface area contributed by atoms with Crippen molar-refractivity contribution in [2.75, 3.05) is 4.90 Å². The molecule has 2 N–H and O–H groups in total. The van der Waals surface area contributed by atoms with Crippen molar-refractivity contribution in [1.29, 1.82) is 5.26 Å². The number of ether oxygens (including phenoxy) is 1. The predicted octanol–water partition coefficient (Wildman–Crippen LogP) is 4.06. The molecule has 1 unspecified atom stereocenters. The molecule has 1 aromatic heterocycles. The van der Waals surface area contributed by atoms with E-state index in [2.05, 4.69) is 6.07 Å². The van der Waals surface area contributed by atoms with E-state index in [1.165, 1.54) is 12.1 Å². The van der Waals surface area contributed by atoms with Gasteiger partial charge in [-0.25, -0.2) is 4.39 Å². The number of hydrogen-bond donors (Lipinski definition) is 2. The molecule has 0 saturated carbocycles. The highest BCUT2D eigenvalue weighted by molar-refractivity contribution is 5.55. The molecule has 3 aromatic rings. The minimum Gasteiger partial charge on any atom is -0.485 e. The Morgan fingerprint density at radius 3 is 2.45 bits per heavy atom. The van der Waals surface area contributed by atoms with E-state index in [0.29, 0.717) is 34.1 Å². The minimum absolute atomic E-state index is 0.224. The van der Waals surface area contributed by atoms with Crippen molar-refractivity contribution in [2.24, 2.45) is 0 Å². The molecule has 0 saturated heterocycles. The maximum absolute atomic E-state index is 13.6. The van der Waals surface area contributed by atoms with Gasteiger partial charge in [0, 0.05) is 11.3 Å².